The van der Waals surface area contributed by atoms with Gasteiger partial charge in [0.05, 0.1) is 0 Å². The molecule has 2 amide bonds. The predicted molar refractivity (Wildman–Crippen MR) is 95.8 cm³/mol. The van der Waals surface area contributed by atoms with Gasteiger partial charge in [-0.2, -0.15) is 0 Å². The molecule has 0 spiro atoms. The molecule has 0 aliphatic rings. The molecule has 0 radical (unpaired) electrons. The summed E-state index contributed by atoms with van der Waals surface area (Å²) in [5.41, 5.74) is 6.45. The van der Waals surface area contributed by atoms with Crippen molar-refractivity contribution in [3.8, 4) is 0 Å². The predicted octanol–water partition coefficient (Wildman–Crippen LogP) is 2.19. The number of carbonyl (C=O) groups is 2. The molecule has 0 unspecified atom stereocenters. The van der Waals surface area contributed by atoms with Crippen LogP contribution in [-0.2, 0) is 9.59 Å². The van der Waals surface area contributed by atoms with Crippen LogP contribution in [0.25, 0.3) is 6.08 Å². The fraction of sp³-hybridized carbons (Fsp3) is 0.500. The molecule has 0 aromatic carbocycles. The first kappa shape index (κ1) is 19.8. The molecule has 3 N–H and O–H groups in total. The van der Waals surface area contributed by atoms with Gasteiger partial charge in [-0.15, -0.1) is 0 Å². The smallest absolute Gasteiger partial charge is 0.243 e. The molecule has 0 saturated heterocycles. The first-order valence-electron chi connectivity index (χ1n) is 8.60. The summed E-state index contributed by atoms with van der Waals surface area (Å²) in [7, 11) is 0. The second kappa shape index (κ2) is 13.2. The summed E-state index contributed by atoms with van der Waals surface area (Å²) in [6.45, 7) is 3.49. The fourth-order valence-electron chi connectivity index (χ4n) is 2.03. The summed E-state index contributed by atoms with van der Waals surface area (Å²) in [4.78, 5) is 27.1. The number of aromatic nitrogens is 1. The quantitative estimate of drug-likeness (QED) is 0.311. The van der Waals surface area contributed by atoms with Crippen molar-refractivity contribution in [3.63, 3.8) is 0 Å². The fourth-order valence-corrected chi connectivity index (χ4v) is 2.03. The minimum absolute atomic E-state index is 0.0392. The van der Waals surface area contributed by atoms with Crippen molar-refractivity contribution in [2.75, 3.05) is 13.1 Å². The van der Waals surface area contributed by atoms with Gasteiger partial charge < -0.3 is 5.32 Å². The first-order chi connectivity index (χ1) is 11.7. The van der Waals surface area contributed by atoms with Crippen molar-refractivity contribution >= 4 is 17.9 Å². The molecule has 0 fully saturated rings. The first-order valence-corrected chi connectivity index (χ1v) is 8.60. The Kier molecular flexibility index (Phi) is 11.0. The van der Waals surface area contributed by atoms with Crippen LogP contribution < -0.4 is 16.2 Å². The van der Waals surface area contributed by atoms with Crippen LogP contribution in [0.5, 0.6) is 0 Å². The Bertz CT molecular complexity index is 503. The minimum atomic E-state index is -0.0970. The van der Waals surface area contributed by atoms with Gasteiger partial charge in [0.25, 0.3) is 0 Å². The molecule has 0 aliphatic carbocycles. The third-order valence-corrected chi connectivity index (χ3v) is 3.34. The number of unbranched alkanes of at least 4 members (excludes halogenated alkanes) is 3. The number of hydrogen-bond donors (Lipinski definition) is 3. The van der Waals surface area contributed by atoms with Gasteiger partial charge in [-0.05, 0) is 37.0 Å². The van der Waals surface area contributed by atoms with E-state index >= 15 is 0 Å². The molecule has 1 heterocycles. The van der Waals surface area contributed by atoms with Crippen LogP contribution in [0.3, 0.4) is 0 Å². The lowest BCUT2D eigenvalue weighted by Gasteiger charge is -2.06. The number of amides is 2. The highest BCUT2D eigenvalue weighted by Gasteiger charge is 2.00. The van der Waals surface area contributed by atoms with Gasteiger partial charge in [0.2, 0.25) is 11.8 Å². The number of hydrogen-bond acceptors (Lipinski definition) is 4. The van der Waals surface area contributed by atoms with Crippen LogP contribution in [0.2, 0.25) is 0 Å². The van der Waals surface area contributed by atoms with Crippen molar-refractivity contribution in [2.24, 2.45) is 0 Å². The Hall–Kier alpha value is -2.21. The summed E-state index contributed by atoms with van der Waals surface area (Å²) in [5.74, 6) is -0.0579. The van der Waals surface area contributed by atoms with E-state index in [1.54, 1.807) is 18.5 Å². The highest BCUT2D eigenvalue weighted by molar-refractivity contribution is 5.91. The van der Waals surface area contributed by atoms with E-state index in [0.717, 1.165) is 44.2 Å². The van der Waals surface area contributed by atoms with E-state index in [2.05, 4.69) is 21.2 Å². The zero-order valence-electron chi connectivity index (χ0n) is 14.4. The zero-order valence-corrected chi connectivity index (χ0v) is 14.4. The maximum Gasteiger partial charge on any atom is 0.243 e. The van der Waals surface area contributed by atoms with Crippen molar-refractivity contribution in [2.45, 2.75) is 45.4 Å². The summed E-state index contributed by atoms with van der Waals surface area (Å²) < 4.78 is 0. The lowest BCUT2D eigenvalue weighted by atomic mass is 10.1. The van der Waals surface area contributed by atoms with Gasteiger partial charge in [0.15, 0.2) is 0 Å². The molecule has 0 saturated carbocycles. The van der Waals surface area contributed by atoms with E-state index < -0.39 is 0 Å². The van der Waals surface area contributed by atoms with Gasteiger partial charge in [-0.1, -0.05) is 25.8 Å². The van der Waals surface area contributed by atoms with Crippen molar-refractivity contribution in [1.82, 2.24) is 21.2 Å². The summed E-state index contributed by atoms with van der Waals surface area (Å²) in [5, 5.41) is 2.85. The van der Waals surface area contributed by atoms with Crippen molar-refractivity contribution in [1.29, 1.82) is 0 Å². The Morgan fingerprint density at radius 2 is 2.00 bits per heavy atom. The molecule has 24 heavy (non-hydrogen) atoms. The second-order valence-corrected chi connectivity index (χ2v) is 5.55. The SMILES string of the molecule is CCCNNC(=O)CCCCCCNC(=O)/C=C/c1cccnc1. The number of nitrogens with one attached hydrogen (secondary N) is 3. The van der Waals surface area contributed by atoms with E-state index in [9.17, 15) is 9.59 Å². The maximum absolute atomic E-state index is 11.6. The number of carbonyl (C=O) groups excluding carboxylic acids is 2. The van der Waals surface area contributed by atoms with E-state index in [1.165, 1.54) is 6.08 Å². The maximum atomic E-state index is 11.6. The Morgan fingerprint density at radius 1 is 1.17 bits per heavy atom. The molecular weight excluding hydrogens is 304 g/mol. The molecule has 0 atom stereocenters. The Morgan fingerprint density at radius 3 is 2.75 bits per heavy atom. The lowest BCUT2D eigenvalue weighted by molar-refractivity contribution is -0.122. The van der Waals surface area contributed by atoms with E-state index in [-0.39, 0.29) is 11.8 Å². The van der Waals surface area contributed by atoms with Gasteiger partial charge in [0.1, 0.15) is 0 Å². The molecule has 132 valence electrons. The average molecular weight is 332 g/mol. The second-order valence-electron chi connectivity index (χ2n) is 5.55. The van der Waals surface area contributed by atoms with Crippen LogP contribution in [0, 0.1) is 0 Å². The van der Waals surface area contributed by atoms with Crippen LogP contribution in [0.4, 0.5) is 0 Å². The van der Waals surface area contributed by atoms with Gasteiger partial charge in [-0.25, -0.2) is 5.43 Å². The molecule has 6 heteroatoms. The third-order valence-electron chi connectivity index (χ3n) is 3.34. The monoisotopic (exact) mass is 332 g/mol. The third kappa shape index (κ3) is 10.5. The number of hydrazine groups is 1. The van der Waals surface area contributed by atoms with Crippen LogP contribution in [0.1, 0.15) is 51.0 Å². The van der Waals surface area contributed by atoms with Crippen LogP contribution >= 0.6 is 0 Å². The molecule has 0 bridgehead atoms. The van der Waals surface area contributed by atoms with Gasteiger partial charge in [0, 0.05) is 38.0 Å². The lowest BCUT2D eigenvalue weighted by Crippen LogP contribution is -2.37. The van der Waals surface area contributed by atoms with Crippen LogP contribution in [0.15, 0.2) is 30.6 Å². The van der Waals surface area contributed by atoms with E-state index in [1.807, 2.05) is 19.1 Å². The van der Waals surface area contributed by atoms with E-state index in [0.29, 0.717) is 13.0 Å². The molecule has 6 nitrogen and oxygen atoms in total. The highest BCUT2D eigenvalue weighted by atomic mass is 16.2. The highest BCUT2D eigenvalue weighted by Crippen LogP contribution is 2.02. The largest absolute Gasteiger partial charge is 0.353 e. The summed E-state index contributed by atoms with van der Waals surface area (Å²) in [6.07, 6.45) is 12.0. The summed E-state index contributed by atoms with van der Waals surface area (Å²) >= 11 is 0. The van der Waals surface area contributed by atoms with Gasteiger partial charge >= 0.3 is 0 Å². The molecular formula is C18H28N4O2. The zero-order chi connectivity index (χ0) is 17.5. The van der Waals surface area contributed by atoms with Crippen LogP contribution in [-0.4, -0.2) is 29.9 Å². The molecule has 1 rings (SSSR count). The number of rotatable bonds is 12. The summed E-state index contributed by atoms with van der Waals surface area (Å²) in [6, 6.07) is 3.72. The van der Waals surface area contributed by atoms with E-state index in [4.69, 9.17) is 0 Å². The average Bonchev–Trinajstić information content (AvgIpc) is 2.60. The molecule has 0 aliphatic heterocycles. The van der Waals surface area contributed by atoms with Crippen molar-refractivity contribution in [3.05, 3.63) is 36.2 Å². The van der Waals surface area contributed by atoms with Crippen molar-refractivity contribution < 1.29 is 9.59 Å². The normalized spacial score (nSPS) is 10.7. The number of pyridine rings is 1. The Labute approximate surface area is 144 Å². The van der Waals surface area contributed by atoms with Gasteiger partial charge in [-0.3, -0.25) is 20.0 Å². The molecule has 1 aromatic rings. The Balaban J connectivity index is 1.97. The number of nitrogens with zero attached hydrogens (tertiary/aromatic N) is 1. The topological polar surface area (TPSA) is 83.1 Å². The standard InChI is InChI=1S/C18H28N4O2/c1-2-12-21-22-18(24)9-5-3-4-6-14-20-17(23)11-10-16-8-7-13-19-15-16/h7-8,10-11,13,15,21H,2-6,9,12,14H2,1H3,(H,20,23)(H,22,24)/b11-10+. The minimum Gasteiger partial charge on any atom is -0.353 e. The molecule has 1 aromatic heterocycles.